The Morgan fingerprint density at radius 3 is 2.50 bits per heavy atom. The molecule has 1 heterocycles. The van der Waals surface area contributed by atoms with Crippen LogP contribution in [0, 0.1) is 11.7 Å². The Balaban J connectivity index is 2.03. The van der Waals surface area contributed by atoms with Crippen molar-refractivity contribution < 1.29 is 9.18 Å². The van der Waals surface area contributed by atoms with Crippen molar-refractivity contribution in [1.29, 1.82) is 0 Å². The number of amides is 1. The molecule has 0 radical (unpaired) electrons. The molecule has 1 unspecified atom stereocenters. The minimum absolute atomic E-state index is 0.0557. The molecule has 2 aromatic carbocycles. The second kappa shape index (κ2) is 7.73. The summed E-state index contributed by atoms with van der Waals surface area (Å²) in [5, 5.41) is 4.01. The van der Waals surface area contributed by atoms with Crippen molar-refractivity contribution in [2.75, 3.05) is 6.54 Å². The monoisotopic (exact) mass is 352 g/mol. The molecule has 1 aromatic heterocycles. The highest BCUT2D eigenvalue weighted by Crippen LogP contribution is 2.35. The Kier molecular flexibility index (Phi) is 5.40. The highest BCUT2D eigenvalue weighted by atomic mass is 19.1. The third-order valence-corrected chi connectivity index (χ3v) is 4.68. The first-order valence-corrected chi connectivity index (χ1v) is 9.02. The molecular weight excluding hydrogens is 327 g/mol. The van der Waals surface area contributed by atoms with E-state index in [0.717, 1.165) is 16.5 Å². The number of rotatable bonds is 6. The number of nitrogens with one attached hydrogen (secondary N) is 1. The van der Waals surface area contributed by atoms with Crippen molar-refractivity contribution >= 4 is 16.8 Å². The standard InChI is InChI=1S/C22H25FN2O/c1-15(2)13-24-22(26)12-18(16-8-4-6-10-20(16)23)19-14-25(3)21-11-7-5-9-17(19)21/h4-11,14-15,18H,12-13H2,1-3H3,(H,24,26). The van der Waals surface area contributed by atoms with Gasteiger partial charge in [-0.15, -0.1) is 0 Å². The highest BCUT2D eigenvalue weighted by molar-refractivity contribution is 5.86. The minimum Gasteiger partial charge on any atom is -0.356 e. The number of aryl methyl sites for hydroxylation is 1. The van der Waals surface area contributed by atoms with E-state index < -0.39 is 0 Å². The average molecular weight is 352 g/mol. The normalized spacial score (nSPS) is 12.5. The molecule has 0 fully saturated rings. The fourth-order valence-electron chi connectivity index (χ4n) is 3.37. The molecule has 0 aliphatic carbocycles. The first-order chi connectivity index (χ1) is 12.5. The number of benzene rings is 2. The Hall–Kier alpha value is -2.62. The fraction of sp³-hybridized carbons (Fsp3) is 0.318. The fourth-order valence-corrected chi connectivity index (χ4v) is 3.37. The zero-order chi connectivity index (χ0) is 18.7. The van der Waals surface area contributed by atoms with Crippen LogP contribution < -0.4 is 5.32 Å². The van der Waals surface area contributed by atoms with Gasteiger partial charge in [-0.1, -0.05) is 50.2 Å². The number of hydrogen-bond acceptors (Lipinski definition) is 1. The summed E-state index contributed by atoms with van der Waals surface area (Å²) in [6, 6.07) is 14.8. The summed E-state index contributed by atoms with van der Waals surface area (Å²) >= 11 is 0. The van der Waals surface area contributed by atoms with Gasteiger partial charge in [-0.05, 0) is 29.2 Å². The maximum Gasteiger partial charge on any atom is 0.220 e. The molecule has 136 valence electrons. The van der Waals surface area contributed by atoms with Crippen LogP contribution in [0.1, 0.15) is 37.3 Å². The topological polar surface area (TPSA) is 34.0 Å². The molecule has 1 amide bonds. The number of para-hydroxylation sites is 1. The summed E-state index contributed by atoms with van der Waals surface area (Å²) in [4.78, 5) is 12.5. The number of carbonyl (C=O) groups excluding carboxylic acids is 1. The summed E-state index contributed by atoms with van der Waals surface area (Å²) in [5.74, 6) is -0.278. The van der Waals surface area contributed by atoms with Crippen LogP contribution in [-0.2, 0) is 11.8 Å². The zero-order valence-corrected chi connectivity index (χ0v) is 15.5. The number of aromatic nitrogens is 1. The maximum absolute atomic E-state index is 14.6. The summed E-state index contributed by atoms with van der Waals surface area (Å²) in [5.41, 5.74) is 2.61. The third kappa shape index (κ3) is 3.79. The van der Waals surface area contributed by atoms with Crippen LogP contribution in [0.5, 0.6) is 0 Å². The number of nitrogens with zero attached hydrogens (tertiary/aromatic N) is 1. The van der Waals surface area contributed by atoms with E-state index in [1.807, 2.05) is 48.1 Å². The van der Waals surface area contributed by atoms with Gasteiger partial charge in [-0.25, -0.2) is 4.39 Å². The van der Waals surface area contributed by atoms with Crippen LogP contribution in [0.3, 0.4) is 0 Å². The van der Waals surface area contributed by atoms with Crippen LogP contribution in [-0.4, -0.2) is 17.0 Å². The van der Waals surface area contributed by atoms with E-state index in [9.17, 15) is 9.18 Å². The summed E-state index contributed by atoms with van der Waals surface area (Å²) in [6.07, 6.45) is 2.24. The summed E-state index contributed by atoms with van der Waals surface area (Å²) in [6.45, 7) is 4.73. The lowest BCUT2D eigenvalue weighted by Crippen LogP contribution is -2.29. The largest absolute Gasteiger partial charge is 0.356 e. The Bertz CT molecular complexity index is 913. The third-order valence-electron chi connectivity index (χ3n) is 4.68. The van der Waals surface area contributed by atoms with Gasteiger partial charge in [0.15, 0.2) is 0 Å². The van der Waals surface area contributed by atoms with E-state index in [1.54, 1.807) is 12.1 Å². The smallest absolute Gasteiger partial charge is 0.220 e. The Labute approximate surface area is 153 Å². The van der Waals surface area contributed by atoms with E-state index >= 15 is 0 Å². The van der Waals surface area contributed by atoms with E-state index in [2.05, 4.69) is 19.2 Å². The second-order valence-electron chi connectivity index (χ2n) is 7.19. The molecule has 3 rings (SSSR count). The molecular formula is C22H25FN2O. The van der Waals surface area contributed by atoms with Crippen molar-refractivity contribution in [2.45, 2.75) is 26.2 Å². The van der Waals surface area contributed by atoms with Crippen LogP contribution >= 0.6 is 0 Å². The quantitative estimate of drug-likeness (QED) is 0.690. The van der Waals surface area contributed by atoms with Gasteiger partial charge in [0, 0.05) is 43.0 Å². The van der Waals surface area contributed by atoms with Crippen molar-refractivity contribution in [2.24, 2.45) is 13.0 Å². The van der Waals surface area contributed by atoms with Crippen molar-refractivity contribution in [3.63, 3.8) is 0 Å². The van der Waals surface area contributed by atoms with Gasteiger partial charge >= 0.3 is 0 Å². The van der Waals surface area contributed by atoms with E-state index in [-0.39, 0.29) is 24.1 Å². The predicted molar refractivity (Wildman–Crippen MR) is 104 cm³/mol. The van der Waals surface area contributed by atoms with Gasteiger partial charge in [0.2, 0.25) is 5.91 Å². The SMILES string of the molecule is CC(C)CNC(=O)CC(c1ccccc1F)c1cn(C)c2ccccc12. The van der Waals surface area contributed by atoms with Crippen LogP contribution in [0.4, 0.5) is 4.39 Å². The van der Waals surface area contributed by atoms with Crippen LogP contribution in [0.25, 0.3) is 10.9 Å². The van der Waals surface area contributed by atoms with Crippen molar-refractivity contribution in [1.82, 2.24) is 9.88 Å². The van der Waals surface area contributed by atoms with Gasteiger partial charge in [0.05, 0.1) is 0 Å². The molecule has 0 saturated heterocycles. The summed E-state index contributed by atoms with van der Waals surface area (Å²) < 4.78 is 16.6. The molecule has 0 aliphatic rings. The Morgan fingerprint density at radius 2 is 1.77 bits per heavy atom. The lowest BCUT2D eigenvalue weighted by atomic mass is 9.87. The second-order valence-corrected chi connectivity index (χ2v) is 7.19. The van der Waals surface area contributed by atoms with Gasteiger partial charge in [0.25, 0.3) is 0 Å². The highest BCUT2D eigenvalue weighted by Gasteiger charge is 2.24. The van der Waals surface area contributed by atoms with E-state index in [4.69, 9.17) is 0 Å². The first kappa shape index (κ1) is 18.2. The number of fused-ring (bicyclic) bond motifs is 1. The lowest BCUT2D eigenvalue weighted by molar-refractivity contribution is -0.121. The predicted octanol–water partition coefficient (Wildman–Crippen LogP) is 4.61. The van der Waals surface area contributed by atoms with Gasteiger partial charge in [-0.3, -0.25) is 4.79 Å². The van der Waals surface area contributed by atoms with Crippen molar-refractivity contribution in [3.05, 3.63) is 71.7 Å². The van der Waals surface area contributed by atoms with Crippen LogP contribution in [0.2, 0.25) is 0 Å². The lowest BCUT2D eigenvalue weighted by Gasteiger charge is -2.18. The molecule has 0 bridgehead atoms. The minimum atomic E-state index is -0.325. The molecule has 0 spiro atoms. The number of hydrogen-bond donors (Lipinski definition) is 1. The maximum atomic E-state index is 14.6. The summed E-state index contributed by atoms with van der Waals surface area (Å²) in [7, 11) is 1.98. The molecule has 0 saturated carbocycles. The van der Waals surface area contributed by atoms with Gasteiger partial charge in [0.1, 0.15) is 5.82 Å². The van der Waals surface area contributed by atoms with Gasteiger partial charge < -0.3 is 9.88 Å². The first-order valence-electron chi connectivity index (χ1n) is 9.02. The van der Waals surface area contributed by atoms with Crippen molar-refractivity contribution in [3.8, 4) is 0 Å². The zero-order valence-electron chi connectivity index (χ0n) is 15.5. The molecule has 26 heavy (non-hydrogen) atoms. The van der Waals surface area contributed by atoms with Gasteiger partial charge in [-0.2, -0.15) is 0 Å². The Morgan fingerprint density at radius 1 is 1.08 bits per heavy atom. The molecule has 3 aromatic rings. The van der Waals surface area contributed by atoms with E-state index in [0.29, 0.717) is 18.0 Å². The molecule has 1 atom stereocenters. The molecule has 3 nitrogen and oxygen atoms in total. The number of halogens is 1. The number of carbonyl (C=O) groups is 1. The molecule has 4 heteroatoms. The molecule has 1 N–H and O–H groups in total. The average Bonchev–Trinajstić information content (AvgIpc) is 2.96. The molecule has 0 aliphatic heterocycles. The van der Waals surface area contributed by atoms with E-state index in [1.165, 1.54) is 6.07 Å². The van der Waals surface area contributed by atoms with Crippen LogP contribution in [0.15, 0.2) is 54.7 Å².